The molecule has 0 bridgehead atoms. The molecule has 0 spiro atoms. The fraction of sp³-hybridized carbons (Fsp3) is 0.211. The Bertz CT molecular complexity index is 752. The Hall–Kier alpha value is -2.95. The first kappa shape index (κ1) is 15.9. The van der Waals surface area contributed by atoms with Gasteiger partial charge >= 0.3 is 0 Å². The van der Waals surface area contributed by atoms with Crippen LogP contribution in [0.2, 0.25) is 0 Å². The normalized spacial score (nSPS) is 13.8. The SMILES string of the molecule is O=C1CCC(c2ccc(C(=O)NCCc3ccccc3)cc2)=NN1. The molecule has 0 fully saturated rings. The van der Waals surface area contributed by atoms with Crippen molar-refractivity contribution in [1.82, 2.24) is 10.7 Å². The summed E-state index contributed by atoms with van der Waals surface area (Å²) in [5, 5.41) is 6.98. The molecule has 0 radical (unpaired) electrons. The molecule has 2 aromatic carbocycles. The van der Waals surface area contributed by atoms with Crippen LogP contribution in [0.4, 0.5) is 0 Å². The summed E-state index contributed by atoms with van der Waals surface area (Å²) in [7, 11) is 0. The number of hydrogen-bond acceptors (Lipinski definition) is 3. The number of hydrogen-bond donors (Lipinski definition) is 2. The number of rotatable bonds is 5. The van der Waals surface area contributed by atoms with Crippen molar-refractivity contribution >= 4 is 17.5 Å². The summed E-state index contributed by atoms with van der Waals surface area (Å²) in [5.74, 6) is -0.149. The second kappa shape index (κ2) is 7.55. The van der Waals surface area contributed by atoms with Crippen LogP contribution in [-0.4, -0.2) is 24.1 Å². The average molecular weight is 321 g/mol. The molecule has 0 saturated carbocycles. The van der Waals surface area contributed by atoms with Gasteiger partial charge in [0.25, 0.3) is 5.91 Å². The van der Waals surface area contributed by atoms with E-state index in [-0.39, 0.29) is 11.8 Å². The van der Waals surface area contributed by atoms with Crippen molar-refractivity contribution in [3.63, 3.8) is 0 Å². The third-order valence-electron chi connectivity index (χ3n) is 3.93. The zero-order valence-corrected chi connectivity index (χ0v) is 13.3. The second-order valence-corrected chi connectivity index (χ2v) is 5.66. The van der Waals surface area contributed by atoms with Gasteiger partial charge in [-0.2, -0.15) is 5.10 Å². The van der Waals surface area contributed by atoms with Crippen LogP contribution in [0.3, 0.4) is 0 Å². The number of carbonyl (C=O) groups is 2. The molecule has 0 unspecified atom stereocenters. The molecule has 0 atom stereocenters. The van der Waals surface area contributed by atoms with Crippen molar-refractivity contribution < 1.29 is 9.59 Å². The standard InChI is InChI=1S/C19H19N3O2/c23-18-11-10-17(21-22-18)15-6-8-16(9-7-15)19(24)20-13-12-14-4-2-1-3-5-14/h1-9H,10-13H2,(H,20,24)(H,22,23). The third kappa shape index (κ3) is 4.07. The van der Waals surface area contributed by atoms with Crippen LogP contribution < -0.4 is 10.7 Å². The molecule has 0 saturated heterocycles. The van der Waals surface area contributed by atoms with Gasteiger partial charge in [-0.25, -0.2) is 5.43 Å². The number of nitrogens with zero attached hydrogens (tertiary/aromatic N) is 1. The monoisotopic (exact) mass is 321 g/mol. The molecule has 1 heterocycles. The Kier molecular flexibility index (Phi) is 5.01. The molecule has 2 amide bonds. The Morgan fingerprint density at radius 2 is 1.79 bits per heavy atom. The maximum Gasteiger partial charge on any atom is 0.251 e. The minimum atomic E-state index is -0.0867. The van der Waals surface area contributed by atoms with Crippen LogP contribution in [0.5, 0.6) is 0 Å². The first-order valence-corrected chi connectivity index (χ1v) is 8.00. The van der Waals surface area contributed by atoms with Crippen LogP contribution in [0, 0.1) is 0 Å². The number of benzene rings is 2. The molecule has 0 aromatic heterocycles. The number of carbonyl (C=O) groups excluding carboxylic acids is 2. The largest absolute Gasteiger partial charge is 0.352 e. The fourth-order valence-electron chi connectivity index (χ4n) is 2.56. The van der Waals surface area contributed by atoms with Gasteiger partial charge in [-0.3, -0.25) is 9.59 Å². The molecule has 2 N–H and O–H groups in total. The summed E-state index contributed by atoms with van der Waals surface area (Å²) in [6.07, 6.45) is 1.87. The van der Waals surface area contributed by atoms with Crippen molar-refractivity contribution in [3.8, 4) is 0 Å². The highest BCUT2D eigenvalue weighted by Gasteiger charge is 2.13. The quantitative estimate of drug-likeness (QED) is 0.887. The molecule has 24 heavy (non-hydrogen) atoms. The van der Waals surface area contributed by atoms with E-state index in [9.17, 15) is 9.59 Å². The van der Waals surface area contributed by atoms with Gasteiger partial charge in [0.05, 0.1) is 5.71 Å². The third-order valence-corrected chi connectivity index (χ3v) is 3.93. The summed E-state index contributed by atoms with van der Waals surface area (Å²) < 4.78 is 0. The van der Waals surface area contributed by atoms with Gasteiger partial charge in [0.1, 0.15) is 0 Å². The first-order chi connectivity index (χ1) is 11.7. The highest BCUT2D eigenvalue weighted by Crippen LogP contribution is 2.11. The van der Waals surface area contributed by atoms with E-state index in [4.69, 9.17) is 0 Å². The summed E-state index contributed by atoms with van der Waals surface area (Å²) in [4.78, 5) is 23.3. The molecule has 5 heteroatoms. The molecular weight excluding hydrogens is 302 g/mol. The summed E-state index contributed by atoms with van der Waals surface area (Å²) in [5.41, 5.74) is 6.06. The Balaban J connectivity index is 1.55. The fourth-order valence-corrected chi connectivity index (χ4v) is 2.56. The lowest BCUT2D eigenvalue weighted by Gasteiger charge is -2.12. The van der Waals surface area contributed by atoms with Crippen molar-refractivity contribution in [2.24, 2.45) is 5.10 Å². The number of hydrazone groups is 1. The van der Waals surface area contributed by atoms with E-state index in [0.29, 0.717) is 24.9 Å². The lowest BCUT2D eigenvalue weighted by atomic mass is 10.0. The second-order valence-electron chi connectivity index (χ2n) is 5.66. The van der Waals surface area contributed by atoms with E-state index < -0.39 is 0 Å². The lowest BCUT2D eigenvalue weighted by Crippen LogP contribution is -2.26. The highest BCUT2D eigenvalue weighted by molar-refractivity contribution is 6.04. The highest BCUT2D eigenvalue weighted by atomic mass is 16.2. The molecular formula is C19H19N3O2. The van der Waals surface area contributed by atoms with Gasteiger partial charge in [0.15, 0.2) is 0 Å². The van der Waals surface area contributed by atoms with Crippen molar-refractivity contribution in [2.45, 2.75) is 19.3 Å². The lowest BCUT2D eigenvalue weighted by molar-refractivity contribution is -0.121. The maximum atomic E-state index is 12.2. The van der Waals surface area contributed by atoms with Crippen LogP contribution in [0.15, 0.2) is 59.7 Å². The number of amides is 2. The summed E-state index contributed by atoms with van der Waals surface area (Å²) in [6, 6.07) is 17.3. The maximum absolute atomic E-state index is 12.2. The van der Waals surface area contributed by atoms with E-state index in [1.807, 2.05) is 42.5 Å². The minimum Gasteiger partial charge on any atom is -0.352 e. The van der Waals surface area contributed by atoms with Crippen LogP contribution in [-0.2, 0) is 11.2 Å². The van der Waals surface area contributed by atoms with Gasteiger partial charge < -0.3 is 5.32 Å². The average Bonchev–Trinajstić information content (AvgIpc) is 2.63. The topological polar surface area (TPSA) is 70.6 Å². The molecule has 2 aromatic rings. The van der Waals surface area contributed by atoms with E-state index >= 15 is 0 Å². The first-order valence-electron chi connectivity index (χ1n) is 8.00. The van der Waals surface area contributed by atoms with Crippen molar-refractivity contribution in [3.05, 3.63) is 71.3 Å². The summed E-state index contributed by atoms with van der Waals surface area (Å²) in [6.45, 7) is 0.601. The smallest absolute Gasteiger partial charge is 0.251 e. The van der Waals surface area contributed by atoms with Gasteiger partial charge in [0, 0.05) is 24.9 Å². The molecule has 1 aliphatic heterocycles. The van der Waals surface area contributed by atoms with E-state index in [2.05, 4.69) is 15.8 Å². The molecule has 122 valence electrons. The predicted octanol–water partition coefficient (Wildman–Crippen LogP) is 2.27. The van der Waals surface area contributed by atoms with Gasteiger partial charge in [-0.1, -0.05) is 42.5 Å². The van der Waals surface area contributed by atoms with E-state index in [1.165, 1.54) is 5.56 Å². The van der Waals surface area contributed by atoms with Crippen LogP contribution in [0.1, 0.15) is 34.3 Å². The van der Waals surface area contributed by atoms with Gasteiger partial charge in [-0.15, -0.1) is 0 Å². The van der Waals surface area contributed by atoms with Crippen molar-refractivity contribution in [2.75, 3.05) is 6.54 Å². The summed E-state index contributed by atoms with van der Waals surface area (Å²) >= 11 is 0. The molecule has 1 aliphatic rings. The zero-order valence-electron chi connectivity index (χ0n) is 13.3. The van der Waals surface area contributed by atoms with Gasteiger partial charge in [-0.05, 0) is 29.7 Å². The van der Waals surface area contributed by atoms with Gasteiger partial charge in [0.2, 0.25) is 5.91 Å². The van der Waals surface area contributed by atoms with E-state index in [1.54, 1.807) is 12.1 Å². The predicted molar refractivity (Wildman–Crippen MR) is 92.8 cm³/mol. The Morgan fingerprint density at radius 1 is 1.04 bits per heavy atom. The number of nitrogens with one attached hydrogen (secondary N) is 2. The molecule has 3 rings (SSSR count). The van der Waals surface area contributed by atoms with Crippen molar-refractivity contribution in [1.29, 1.82) is 0 Å². The molecule has 0 aliphatic carbocycles. The van der Waals surface area contributed by atoms with Crippen LogP contribution in [0.25, 0.3) is 0 Å². The van der Waals surface area contributed by atoms with E-state index in [0.717, 1.165) is 17.7 Å². The minimum absolute atomic E-state index is 0.0619. The molecule has 5 nitrogen and oxygen atoms in total. The Morgan fingerprint density at radius 3 is 2.46 bits per heavy atom. The zero-order chi connectivity index (χ0) is 16.8. The van der Waals surface area contributed by atoms with Crippen LogP contribution >= 0.6 is 0 Å². The Labute approximate surface area is 140 Å².